The normalized spacial score (nSPS) is 10.4. The molecule has 0 aliphatic heterocycles. The standard InChI is InChI=1S/C22H19ClO3/c1-3-26-22(24)21-14-17(15-4-9-18(23)10-5-15)8-13-20(21)16-6-11-19(25-2)12-7-16/h4-14H,3H2,1-2H3. The number of rotatable bonds is 5. The lowest BCUT2D eigenvalue weighted by molar-refractivity contribution is 0.0527. The highest BCUT2D eigenvalue weighted by atomic mass is 35.5. The fraction of sp³-hybridized carbons (Fsp3) is 0.136. The fourth-order valence-corrected chi connectivity index (χ4v) is 2.89. The van der Waals surface area contributed by atoms with Crippen LogP contribution >= 0.6 is 11.6 Å². The average molecular weight is 367 g/mol. The van der Waals surface area contributed by atoms with Crippen LogP contribution in [0.1, 0.15) is 17.3 Å². The molecule has 0 fully saturated rings. The minimum absolute atomic E-state index is 0.325. The van der Waals surface area contributed by atoms with E-state index in [0.29, 0.717) is 17.2 Å². The zero-order valence-electron chi connectivity index (χ0n) is 14.7. The van der Waals surface area contributed by atoms with E-state index in [1.54, 1.807) is 14.0 Å². The minimum atomic E-state index is -0.339. The van der Waals surface area contributed by atoms with Gasteiger partial charge < -0.3 is 9.47 Å². The first-order chi connectivity index (χ1) is 12.6. The number of carbonyl (C=O) groups excluding carboxylic acids is 1. The van der Waals surface area contributed by atoms with Crippen molar-refractivity contribution in [1.82, 2.24) is 0 Å². The third kappa shape index (κ3) is 3.89. The Morgan fingerprint density at radius 3 is 2.12 bits per heavy atom. The van der Waals surface area contributed by atoms with Crippen LogP contribution in [0.15, 0.2) is 66.7 Å². The average Bonchev–Trinajstić information content (AvgIpc) is 2.68. The summed E-state index contributed by atoms with van der Waals surface area (Å²) in [5.74, 6) is 0.429. The maximum Gasteiger partial charge on any atom is 0.338 e. The van der Waals surface area contributed by atoms with Gasteiger partial charge in [-0.3, -0.25) is 0 Å². The van der Waals surface area contributed by atoms with Crippen LogP contribution in [0.2, 0.25) is 5.02 Å². The Balaban J connectivity index is 2.08. The molecule has 0 aliphatic carbocycles. The molecule has 0 saturated carbocycles. The van der Waals surface area contributed by atoms with Crippen LogP contribution in [0.5, 0.6) is 5.75 Å². The Morgan fingerprint density at radius 2 is 1.50 bits per heavy atom. The van der Waals surface area contributed by atoms with E-state index >= 15 is 0 Å². The highest BCUT2D eigenvalue weighted by Crippen LogP contribution is 2.31. The van der Waals surface area contributed by atoms with Crippen molar-refractivity contribution >= 4 is 17.6 Å². The van der Waals surface area contributed by atoms with Crippen molar-refractivity contribution in [2.45, 2.75) is 6.92 Å². The number of ether oxygens (including phenoxy) is 2. The first-order valence-corrected chi connectivity index (χ1v) is 8.71. The van der Waals surface area contributed by atoms with Gasteiger partial charge in [0.2, 0.25) is 0 Å². The summed E-state index contributed by atoms with van der Waals surface area (Å²) in [5, 5.41) is 0.675. The van der Waals surface area contributed by atoms with E-state index in [4.69, 9.17) is 21.1 Å². The van der Waals surface area contributed by atoms with Crippen molar-refractivity contribution in [2.24, 2.45) is 0 Å². The Labute approximate surface area is 158 Å². The summed E-state index contributed by atoms with van der Waals surface area (Å²) in [5.41, 5.74) is 4.20. The second-order valence-electron chi connectivity index (χ2n) is 5.72. The molecule has 0 unspecified atom stereocenters. The molecule has 0 atom stereocenters. The quantitative estimate of drug-likeness (QED) is 0.530. The van der Waals surface area contributed by atoms with Crippen molar-refractivity contribution in [1.29, 1.82) is 0 Å². The summed E-state index contributed by atoms with van der Waals surface area (Å²) in [6.07, 6.45) is 0. The number of methoxy groups -OCH3 is 1. The smallest absolute Gasteiger partial charge is 0.338 e. The molecular weight excluding hydrogens is 348 g/mol. The van der Waals surface area contributed by atoms with Crippen molar-refractivity contribution < 1.29 is 14.3 Å². The van der Waals surface area contributed by atoms with Gasteiger partial charge in [0.05, 0.1) is 19.3 Å². The fourth-order valence-electron chi connectivity index (χ4n) is 2.77. The van der Waals surface area contributed by atoms with Crippen LogP contribution < -0.4 is 4.74 Å². The van der Waals surface area contributed by atoms with Crippen LogP contribution in [0.4, 0.5) is 0 Å². The lowest BCUT2D eigenvalue weighted by Crippen LogP contribution is -2.07. The molecule has 3 aromatic rings. The Morgan fingerprint density at radius 1 is 0.885 bits per heavy atom. The lowest BCUT2D eigenvalue weighted by Gasteiger charge is -2.12. The summed E-state index contributed by atoms with van der Waals surface area (Å²) < 4.78 is 10.5. The lowest BCUT2D eigenvalue weighted by atomic mass is 9.95. The molecule has 26 heavy (non-hydrogen) atoms. The van der Waals surface area contributed by atoms with Crippen LogP contribution in [0.25, 0.3) is 22.3 Å². The number of hydrogen-bond acceptors (Lipinski definition) is 3. The molecule has 3 rings (SSSR count). The van der Waals surface area contributed by atoms with E-state index in [-0.39, 0.29) is 5.97 Å². The van der Waals surface area contributed by atoms with E-state index in [9.17, 15) is 4.79 Å². The highest BCUT2D eigenvalue weighted by molar-refractivity contribution is 6.30. The Hall–Kier alpha value is -2.78. The summed E-state index contributed by atoms with van der Waals surface area (Å²) in [4.78, 5) is 12.5. The zero-order chi connectivity index (χ0) is 18.5. The van der Waals surface area contributed by atoms with Crippen LogP contribution in [-0.4, -0.2) is 19.7 Å². The van der Waals surface area contributed by atoms with Crippen molar-refractivity contribution in [3.63, 3.8) is 0 Å². The number of benzene rings is 3. The maximum absolute atomic E-state index is 12.5. The molecule has 0 heterocycles. The molecule has 0 radical (unpaired) electrons. The highest BCUT2D eigenvalue weighted by Gasteiger charge is 2.15. The maximum atomic E-state index is 12.5. The van der Waals surface area contributed by atoms with Gasteiger partial charge in [-0.05, 0) is 59.5 Å². The van der Waals surface area contributed by atoms with Gasteiger partial charge in [0, 0.05) is 5.02 Å². The predicted molar refractivity (Wildman–Crippen MR) is 105 cm³/mol. The van der Waals surface area contributed by atoms with Crippen molar-refractivity contribution in [2.75, 3.05) is 13.7 Å². The molecule has 132 valence electrons. The van der Waals surface area contributed by atoms with Crippen LogP contribution in [0, 0.1) is 0 Å². The van der Waals surface area contributed by atoms with Gasteiger partial charge in [0.15, 0.2) is 0 Å². The molecule has 0 amide bonds. The first kappa shape index (κ1) is 18.0. The molecule has 4 heteroatoms. The van der Waals surface area contributed by atoms with E-state index in [2.05, 4.69) is 0 Å². The molecule has 0 N–H and O–H groups in total. The van der Waals surface area contributed by atoms with Gasteiger partial charge in [-0.2, -0.15) is 0 Å². The SMILES string of the molecule is CCOC(=O)c1cc(-c2ccc(Cl)cc2)ccc1-c1ccc(OC)cc1. The number of hydrogen-bond donors (Lipinski definition) is 0. The van der Waals surface area contributed by atoms with Gasteiger partial charge in [0.1, 0.15) is 5.75 Å². The molecular formula is C22H19ClO3. The molecule has 0 spiro atoms. The summed E-state index contributed by atoms with van der Waals surface area (Å²) in [6.45, 7) is 2.13. The molecule has 3 aromatic carbocycles. The number of esters is 1. The molecule has 0 aliphatic rings. The minimum Gasteiger partial charge on any atom is -0.497 e. The Bertz CT molecular complexity index is 900. The van der Waals surface area contributed by atoms with Crippen LogP contribution in [0.3, 0.4) is 0 Å². The largest absolute Gasteiger partial charge is 0.497 e. The third-order valence-electron chi connectivity index (χ3n) is 4.09. The third-order valence-corrected chi connectivity index (χ3v) is 4.35. The second kappa shape index (κ2) is 8.07. The van der Waals surface area contributed by atoms with Gasteiger partial charge >= 0.3 is 5.97 Å². The van der Waals surface area contributed by atoms with Gasteiger partial charge in [-0.25, -0.2) is 4.79 Å². The monoisotopic (exact) mass is 366 g/mol. The number of carbonyl (C=O) groups is 1. The van der Waals surface area contributed by atoms with Crippen LogP contribution in [-0.2, 0) is 4.74 Å². The van der Waals surface area contributed by atoms with E-state index < -0.39 is 0 Å². The summed E-state index contributed by atoms with van der Waals surface area (Å²) >= 11 is 5.97. The van der Waals surface area contributed by atoms with Gasteiger partial charge in [0.25, 0.3) is 0 Å². The van der Waals surface area contributed by atoms with Gasteiger partial charge in [-0.1, -0.05) is 48.0 Å². The summed E-state index contributed by atoms with van der Waals surface area (Å²) in [7, 11) is 1.62. The molecule has 0 aromatic heterocycles. The number of halogens is 1. The van der Waals surface area contributed by atoms with E-state index in [1.807, 2.05) is 66.7 Å². The van der Waals surface area contributed by atoms with Gasteiger partial charge in [-0.15, -0.1) is 0 Å². The second-order valence-corrected chi connectivity index (χ2v) is 6.15. The molecule has 3 nitrogen and oxygen atoms in total. The zero-order valence-corrected chi connectivity index (χ0v) is 15.4. The Kier molecular flexibility index (Phi) is 5.59. The van der Waals surface area contributed by atoms with E-state index in [1.165, 1.54) is 0 Å². The molecule has 0 bridgehead atoms. The topological polar surface area (TPSA) is 35.5 Å². The van der Waals surface area contributed by atoms with Crippen molar-refractivity contribution in [3.8, 4) is 28.0 Å². The summed E-state index contributed by atoms with van der Waals surface area (Å²) in [6, 6.07) is 20.9. The van der Waals surface area contributed by atoms with Crippen molar-refractivity contribution in [3.05, 3.63) is 77.3 Å². The molecule has 0 saturated heterocycles. The first-order valence-electron chi connectivity index (χ1n) is 8.34. The predicted octanol–water partition coefficient (Wildman–Crippen LogP) is 5.86. The van der Waals surface area contributed by atoms with E-state index in [0.717, 1.165) is 28.0 Å².